The summed E-state index contributed by atoms with van der Waals surface area (Å²) in [6.45, 7) is 3.83. The maximum atomic E-state index is 12.1. The predicted octanol–water partition coefficient (Wildman–Crippen LogP) is 0.970. The van der Waals surface area contributed by atoms with Crippen LogP contribution < -0.4 is 0 Å². The molecule has 1 atom stereocenters. The second-order valence-corrected chi connectivity index (χ2v) is 4.01. The van der Waals surface area contributed by atoms with Crippen molar-refractivity contribution < 1.29 is 19.8 Å². The number of nitrogens with zero attached hydrogens (tertiary/aromatic N) is 2. The molecule has 0 aromatic carbocycles. The summed E-state index contributed by atoms with van der Waals surface area (Å²) in [5.74, 6) is -2.02. The van der Waals surface area contributed by atoms with Gasteiger partial charge in [0.15, 0.2) is 0 Å². The molecule has 0 radical (unpaired) electrons. The highest BCUT2D eigenvalue weighted by molar-refractivity contribution is 5.94. The first-order valence-corrected chi connectivity index (χ1v) is 5.61. The molecule has 0 saturated carbocycles. The van der Waals surface area contributed by atoms with Crippen molar-refractivity contribution in [1.82, 2.24) is 9.88 Å². The van der Waals surface area contributed by atoms with Gasteiger partial charge in [0.1, 0.15) is 5.75 Å². The minimum absolute atomic E-state index is 0.0943. The number of hydrogen-bond donors (Lipinski definition) is 2. The zero-order valence-electron chi connectivity index (χ0n) is 10.3. The standard InChI is InChI=1S/C12H16N2O4/c1-3-14(7-8(2)12(17)18)11(16)9-4-10(15)6-13-5-9/h4-6,8,15H,3,7H2,1-2H3,(H,17,18). The normalized spacial score (nSPS) is 11.9. The van der Waals surface area contributed by atoms with Crippen LogP contribution in [0.4, 0.5) is 0 Å². The van der Waals surface area contributed by atoms with E-state index >= 15 is 0 Å². The minimum atomic E-state index is -0.949. The third kappa shape index (κ3) is 3.44. The SMILES string of the molecule is CCN(CC(C)C(=O)O)C(=O)c1cncc(O)c1. The summed E-state index contributed by atoms with van der Waals surface area (Å²) in [7, 11) is 0. The second kappa shape index (κ2) is 6.00. The van der Waals surface area contributed by atoms with Crippen LogP contribution in [0.25, 0.3) is 0 Å². The molecule has 1 heterocycles. The summed E-state index contributed by atoms with van der Waals surface area (Å²) in [6.07, 6.45) is 2.57. The predicted molar refractivity (Wildman–Crippen MR) is 64.3 cm³/mol. The van der Waals surface area contributed by atoms with Gasteiger partial charge in [0.2, 0.25) is 0 Å². The van der Waals surface area contributed by atoms with Gasteiger partial charge in [-0.25, -0.2) is 0 Å². The molecule has 1 amide bonds. The molecule has 1 unspecified atom stereocenters. The highest BCUT2D eigenvalue weighted by Crippen LogP contribution is 2.12. The van der Waals surface area contributed by atoms with Gasteiger partial charge in [-0.05, 0) is 13.0 Å². The van der Waals surface area contributed by atoms with Crippen LogP contribution in [-0.2, 0) is 4.79 Å². The third-order valence-corrected chi connectivity index (χ3v) is 2.56. The van der Waals surface area contributed by atoms with Crippen LogP contribution in [0, 0.1) is 5.92 Å². The number of aliphatic carboxylic acids is 1. The first-order chi connectivity index (χ1) is 8.45. The highest BCUT2D eigenvalue weighted by atomic mass is 16.4. The first kappa shape index (κ1) is 14.0. The van der Waals surface area contributed by atoms with Crippen LogP contribution in [0.2, 0.25) is 0 Å². The molecule has 2 N–H and O–H groups in total. The number of pyridine rings is 1. The number of aromatic nitrogens is 1. The van der Waals surface area contributed by atoms with Gasteiger partial charge >= 0.3 is 5.97 Å². The van der Waals surface area contributed by atoms with Crippen LogP contribution in [0.15, 0.2) is 18.5 Å². The summed E-state index contributed by atoms with van der Waals surface area (Å²) in [6, 6.07) is 1.31. The van der Waals surface area contributed by atoms with E-state index in [4.69, 9.17) is 5.11 Å². The Morgan fingerprint density at radius 3 is 2.61 bits per heavy atom. The van der Waals surface area contributed by atoms with Crippen molar-refractivity contribution in [2.45, 2.75) is 13.8 Å². The van der Waals surface area contributed by atoms with E-state index in [1.807, 2.05) is 0 Å². The molecule has 0 spiro atoms. The molecule has 0 fully saturated rings. The topological polar surface area (TPSA) is 90.7 Å². The Kier molecular flexibility index (Phi) is 4.65. The van der Waals surface area contributed by atoms with E-state index in [0.717, 1.165) is 0 Å². The number of aromatic hydroxyl groups is 1. The Morgan fingerprint density at radius 1 is 1.44 bits per heavy atom. The fraction of sp³-hybridized carbons (Fsp3) is 0.417. The largest absolute Gasteiger partial charge is 0.506 e. The zero-order chi connectivity index (χ0) is 13.7. The maximum Gasteiger partial charge on any atom is 0.308 e. The van der Waals surface area contributed by atoms with Gasteiger partial charge in [-0.3, -0.25) is 14.6 Å². The van der Waals surface area contributed by atoms with Crippen molar-refractivity contribution in [3.8, 4) is 5.75 Å². The van der Waals surface area contributed by atoms with E-state index in [2.05, 4.69) is 4.98 Å². The quantitative estimate of drug-likeness (QED) is 0.814. The molecule has 0 saturated heterocycles. The van der Waals surface area contributed by atoms with Crippen molar-refractivity contribution in [2.24, 2.45) is 5.92 Å². The zero-order valence-corrected chi connectivity index (χ0v) is 10.3. The van der Waals surface area contributed by atoms with E-state index in [-0.39, 0.29) is 23.8 Å². The Bertz CT molecular complexity index is 447. The molecule has 98 valence electrons. The molecule has 1 aromatic heterocycles. The average Bonchev–Trinajstić information content (AvgIpc) is 2.34. The van der Waals surface area contributed by atoms with E-state index in [0.29, 0.717) is 6.54 Å². The molecule has 6 nitrogen and oxygen atoms in total. The molecule has 0 aliphatic carbocycles. The monoisotopic (exact) mass is 252 g/mol. The third-order valence-electron chi connectivity index (χ3n) is 2.56. The molecule has 1 aromatic rings. The average molecular weight is 252 g/mol. The van der Waals surface area contributed by atoms with Crippen LogP contribution >= 0.6 is 0 Å². The number of rotatable bonds is 5. The Hall–Kier alpha value is -2.11. The van der Waals surface area contributed by atoms with E-state index in [1.165, 1.54) is 23.4 Å². The molecule has 0 bridgehead atoms. The van der Waals surface area contributed by atoms with E-state index < -0.39 is 11.9 Å². The Balaban J connectivity index is 2.82. The summed E-state index contributed by atoms with van der Waals surface area (Å²) < 4.78 is 0. The van der Waals surface area contributed by atoms with E-state index in [9.17, 15) is 14.7 Å². The fourth-order valence-electron chi connectivity index (χ4n) is 1.49. The molecular weight excluding hydrogens is 236 g/mol. The van der Waals surface area contributed by atoms with Gasteiger partial charge < -0.3 is 15.1 Å². The lowest BCUT2D eigenvalue weighted by Gasteiger charge is -2.22. The van der Waals surface area contributed by atoms with Gasteiger partial charge in [0, 0.05) is 19.3 Å². The lowest BCUT2D eigenvalue weighted by molar-refractivity contribution is -0.141. The van der Waals surface area contributed by atoms with Crippen LogP contribution in [-0.4, -0.2) is 45.1 Å². The minimum Gasteiger partial charge on any atom is -0.506 e. The number of carboxylic acid groups (broad SMARTS) is 1. The summed E-state index contributed by atoms with van der Waals surface area (Å²) in [4.78, 5) is 28.0. The smallest absolute Gasteiger partial charge is 0.308 e. The molecule has 0 aliphatic heterocycles. The highest BCUT2D eigenvalue weighted by Gasteiger charge is 2.20. The summed E-state index contributed by atoms with van der Waals surface area (Å²) in [5, 5.41) is 18.1. The Labute approximate surface area is 105 Å². The van der Waals surface area contributed by atoms with Crippen molar-refractivity contribution in [2.75, 3.05) is 13.1 Å². The summed E-state index contributed by atoms with van der Waals surface area (Å²) in [5.41, 5.74) is 0.245. The lowest BCUT2D eigenvalue weighted by Crippen LogP contribution is -2.36. The van der Waals surface area contributed by atoms with Crippen LogP contribution in [0.1, 0.15) is 24.2 Å². The lowest BCUT2D eigenvalue weighted by atomic mass is 10.1. The second-order valence-electron chi connectivity index (χ2n) is 4.01. The van der Waals surface area contributed by atoms with Crippen molar-refractivity contribution in [3.05, 3.63) is 24.0 Å². The first-order valence-electron chi connectivity index (χ1n) is 5.61. The van der Waals surface area contributed by atoms with Gasteiger partial charge in [-0.1, -0.05) is 6.92 Å². The number of hydrogen-bond acceptors (Lipinski definition) is 4. The molecule has 6 heteroatoms. The molecule has 1 rings (SSSR count). The molecule has 18 heavy (non-hydrogen) atoms. The van der Waals surface area contributed by atoms with E-state index in [1.54, 1.807) is 13.8 Å². The van der Waals surface area contributed by atoms with Crippen molar-refractivity contribution >= 4 is 11.9 Å². The Morgan fingerprint density at radius 2 is 2.11 bits per heavy atom. The summed E-state index contributed by atoms with van der Waals surface area (Å²) >= 11 is 0. The van der Waals surface area contributed by atoms with Gasteiger partial charge in [-0.15, -0.1) is 0 Å². The van der Waals surface area contributed by atoms with Crippen LogP contribution in [0.3, 0.4) is 0 Å². The number of amides is 1. The number of carboxylic acids is 1. The maximum absolute atomic E-state index is 12.1. The van der Waals surface area contributed by atoms with Gasteiger partial charge in [-0.2, -0.15) is 0 Å². The van der Waals surface area contributed by atoms with Crippen LogP contribution in [0.5, 0.6) is 5.75 Å². The van der Waals surface area contributed by atoms with Crippen molar-refractivity contribution in [1.29, 1.82) is 0 Å². The number of carbonyl (C=O) groups is 2. The van der Waals surface area contributed by atoms with Crippen molar-refractivity contribution in [3.63, 3.8) is 0 Å². The van der Waals surface area contributed by atoms with Gasteiger partial charge in [0.25, 0.3) is 5.91 Å². The molecular formula is C12H16N2O4. The van der Waals surface area contributed by atoms with Gasteiger partial charge in [0.05, 0.1) is 17.7 Å². The molecule has 0 aliphatic rings. The number of carbonyl (C=O) groups excluding carboxylic acids is 1. The fourth-order valence-corrected chi connectivity index (χ4v) is 1.49.